The number of hydrogen-bond donors (Lipinski definition) is 2. The molecule has 1 aromatic rings. The van der Waals surface area contributed by atoms with Gasteiger partial charge in [0.05, 0.1) is 0 Å². The van der Waals surface area contributed by atoms with Gasteiger partial charge in [0, 0.05) is 6.20 Å². The number of carboxylic acid groups (broad SMARTS) is 1. The highest BCUT2D eigenvalue weighted by Gasteiger charge is 2.47. The molecule has 1 aromatic heterocycles. The quantitative estimate of drug-likeness (QED) is 0.891. The van der Waals surface area contributed by atoms with Gasteiger partial charge in [0.2, 0.25) is 0 Å². The van der Waals surface area contributed by atoms with Crippen molar-refractivity contribution in [1.29, 1.82) is 0 Å². The molecule has 0 aromatic carbocycles. The van der Waals surface area contributed by atoms with Crippen LogP contribution in [0.2, 0.25) is 0 Å². The molecule has 1 aliphatic rings. The lowest BCUT2D eigenvalue weighted by molar-refractivity contribution is -0.147. The molecule has 1 unspecified atom stereocenters. The summed E-state index contributed by atoms with van der Waals surface area (Å²) in [6.45, 7) is 4.09. The molecule has 2 rings (SSSR count). The van der Waals surface area contributed by atoms with E-state index in [4.69, 9.17) is 0 Å². The van der Waals surface area contributed by atoms with Crippen LogP contribution in [0.15, 0.2) is 12.3 Å². The SMILES string of the molecule is CC1(C)CCCC(NC(=O)c2ccns2)(C(=O)O)C1. The fraction of sp³-hybridized carbons (Fsp3) is 0.615. The van der Waals surface area contributed by atoms with E-state index in [0.717, 1.165) is 24.4 Å². The number of amides is 1. The zero-order valence-corrected chi connectivity index (χ0v) is 11.9. The van der Waals surface area contributed by atoms with E-state index >= 15 is 0 Å². The predicted molar refractivity (Wildman–Crippen MR) is 72.2 cm³/mol. The predicted octanol–water partition coefficient (Wildman–Crippen LogP) is 2.30. The molecule has 1 amide bonds. The highest BCUT2D eigenvalue weighted by Crippen LogP contribution is 2.41. The molecule has 0 spiro atoms. The van der Waals surface area contributed by atoms with Crippen LogP contribution in [0.5, 0.6) is 0 Å². The Kier molecular flexibility index (Phi) is 3.62. The van der Waals surface area contributed by atoms with Crippen LogP contribution in [0.3, 0.4) is 0 Å². The van der Waals surface area contributed by atoms with E-state index in [1.165, 1.54) is 6.20 Å². The van der Waals surface area contributed by atoms with Crippen molar-refractivity contribution in [2.75, 3.05) is 0 Å². The van der Waals surface area contributed by atoms with E-state index < -0.39 is 11.5 Å². The number of nitrogens with zero attached hydrogens (tertiary/aromatic N) is 1. The molecule has 2 N–H and O–H groups in total. The lowest BCUT2D eigenvalue weighted by atomic mass is 9.68. The van der Waals surface area contributed by atoms with Gasteiger partial charge in [0.15, 0.2) is 0 Å². The second-order valence-electron chi connectivity index (χ2n) is 5.91. The van der Waals surface area contributed by atoms with Crippen molar-refractivity contribution in [3.63, 3.8) is 0 Å². The van der Waals surface area contributed by atoms with Crippen molar-refractivity contribution in [1.82, 2.24) is 9.69 Å². The fourth-order valence-electron chi connectivity index (χ4n) is 2.82. The smallest absolute Gasteiger partial charge is 0.329 e. The van der Waals surface area contributed by atoms with Gasteiger partial charge in [-0.3, -0.25) is 4.79 Å². The first-order chi connectivity index (χ1) is 8.85. The Labute approximate surface area is 116 Å². The number of carbonyl (C=O) groups excluding carboxylic acids is 1. The monoisotopic (exact) mass is 282 g/mol. The third kappa shape index (κ3) is 2.94. The molecule has 1 heterocycles. The molecule has 6 heteroatoms. The van der Waals surface area contributed by atoms with Gasteiger partial charge in [-0.15, -0.1) is 0 Å². The normalized spacial score (nSPS) is 25.8. The van der Waals surface area contributed by atoms with Gasteiger partial charge < -0.3 is 10.4 Å². The Hall–Kier alpha value is -1.43. The van der Waals surface area contributed by atoms with E-state index in [-0.39, 0.29) is 11.3 Å². The Balaban J connectivity index is 2.21. The summed E-state index contributed by atoms with van der Waals surface area (Å²) in [5, 5.41) is 12.3. The molecule has 19 heavy (non-hydrogen) atoms. The van der Waals surface area contributed by atoms with E-state index in [0.29, 0.717) is 17.7 Å². The van der Waals surface area contributed by atoms with Crippen LogP contribution in [-0.4, -0.2) is 26.9 Å². The highest BCUT2D eigenvalue weighted by atomic mass is 32.1. The number of rotatable bonds is 3. The van der Waals surface area contributed by atoms with Crippen LogP contribution in [0.4, 0.5) is 0 Å². The molecule has 0 radical (unpaired) electrons. The van der Waals surface area contributed by atoms with Crippen molar-refractivity contribution in [2.45, 2.75) is 45.1 Å². The molecule has 104 valence electrons. The summed E-state index contributed by atoms with van der Waals surface area (Å²) in [7, 11) is 0. The Morgan fingerprint density at radius 1 is 1.42 bits per heavy atom. The molecular weight excluding hydrogens is 264 g/mol. The first-order valence-electron chi connectivity index (χ1n) is 6.31. The van der Waals surface area contributed by atoms with Crippen LogP contribution in [0, 0.1) is 5.41 Å². The van der Waals surface area contributed by atoms with E-state index in [1.54, 1.807) is 6.07 Å². The average molecular weight is 282 g/mol. The zero-order chi connectivity index (χ0) is 14.1. The lowest BCUT2D eigenvalue weighted by Gasteiger charge is -2.42. The molecule has 0 bridgehead atoms. The number of nitrogens with one attached hydrogen (secondary N) is 1. The van der Waals surface area contributed by atoms with Gasteiger partial charge in [-0.2, -0.15) is 0 Å². The van der Waals surface area contributed by atoms with E-state index in [1.807, 2.05) is 13.8 Å². The molecule has 0 saturated heterocycles. The molecule has 1 atom stereocenters. The third-order valence-corrected chi connectivity index (χ3v) is 4.41. The summed E-state index contributed by atoms with van der Waals surface area (Å²) in [4.78, 5) is 24.2. The van der Waals surface area contributed by atoms with Crippen molar-refractivity contribution in [3.05, 3.63) is 17.1 Å². The van der Waals surface area contributed by atoms with Gasteiger partial charge in [-0.05, 0) is 48.7 Å². The maximum atomic E-state index is 12.1. The van der Waals surface area contributed by atoms with Crippen molar-refractivity contribution in [3.8, 4) is 0 Å². The topological polar surface area (TPSA) is 79.3 Å². The first kappa shape index (κ1) is 14.0. The Bertz CT molecular complexity index is 484. The van der Waals surface area contributed by atoms with Gasteiger partial charge in [-0.1, -0.05) is 13.8 Å². The van der Waals surface area contributed by atoms with Crippen LogP contribution < -0.4 is 5.32 Å². The molecule has 5 nitrogen and oxygen atoms in total. The third-order valence-electron chi connectivity index (χ3n) is 3.66. The van der Waals surface area contributed by atoms with Crippen molar-refractivity contribution < 1.29 is 14.7 Å². The molecular formula is C13H18N2O3S. The van der Waals surface area contributed by atoms with Crippen molar-refractivity contribution >= 4 is 23.4 Å². The fourth-order valence-corrected chi connectivity index (χ4v) is 3.31. The first-order valence-corrected chi connectivity index (χ1v) is 7.09. The minimum Gasteiger partial charge on any atom is -0.480 e. The standard InChI is InChI=1S/C13H18N2O3S/c1-12(2)5-3-6-13(8-12,11(17)18)15-10(16)9-4-7-14-19-9/h4,7H,3,5-6,8H2,1-2H3,(H,15,16)(H,17,18). The van der Waals surface area contributed by atoms with Gasteiger partial charge in [-0.25, -0.2) is 9.17 Å². The summed E-state index contributed by atoms with van der Waals surface area (Å²) in [6, 6.07) is 1.60. The van der Waals surface area contributed by atoms with E-state index in [9.17, 15) is 14.7 Å². The molecule has 1 aliphatic carbocycles. The second kappa shape index (κ2) is 4.92. The zero-order valence-electron chi connectivity index (χ0n) is 11.1. The van der Waals surface area contributed by atoms with Crippen LogP contribution in [0.25, 0.3) is 0 Å². The number of hydrogen-bond acceptors (Lipinski definition) is 4. The number of aromatic nitrogens is 1. The van der Waals surface area contributed by atoms with Gasteiger partial charge in [0.25, 0.3) is 5.91 Å². The van der Waals surface area contributed by atoms with Gasteiger partial charge in [0.1, 0.15) is 10.4 Å². The van der Waals surface area contributed by atoms with Crippen molar-refractivity contribution in [2.24, 2.45) is 5.41 Å². The number of carboxylic acids is 1. The average Bonchev–Trinajstić information content (AvgIpc) is 2.80. The number of aliphatic carboxylic acids is 1. The molecule has 1 saturated carbocycles. The summed E-state index contributed by atoms with van der Waals surface area (Å²) < 4.78 is 3.87. The largest absolute Gasteiger partial charge is 0.480 e. The van der Waals surface area contributed by atoms with Crippen LogP contribution in [0.1, 0.15) is 49.2 Å². The summed E-state index contributed by atoms with van der Waals surface area (Å²) in [5.74, 6) is -1.29. The lowest BCUT2D eigenvalue weighted by Crippen LogP contribution is -2.58. The maximum Gasteiger partial charge on any atom is 0.329 e. The molecule has 1 fully saturated rings. The van der Waals surface area contributed by atoms with Gasteiger partial charge >= 0.3 is 5.97 Å². The maximum absolute atomic E-state index is 12.1. The minimum atomic E-state index is -1.15. The number of carbonyl (C=O) groups is 2. The summed E-state index contributed by atoms with van der Waals surface area (Å²) in [6.07, 6.45) is 4.27. The van der Waals surface area contributed by atoms with E-state index in [2.05, 4.69) is 9.69 Å². The van der Waals surface area contributed by atoms with Crippen LogP contribution in [-0.2, 0) is 4.79 Å². The summed E-state index contributed by atoms with van der Waals surface area (Å²) >= 11 is 1.07. The minimum absolute atomic E-state index is 0.0718. The Morgan fingerprint density at radius 3 is 2.68 bits per heavy atom. The second-order valence-corrected chi connectivity index (χ2v) is 6.75. The Morgan fingerprint density at radius 2 is 2.16 bits per heavy atom. The summed E-state index contributed by atoms with van der Waals surface area (Å²) in [5.41, 5.74) is -1.22. The molecule has 0 aliphatic heterocycles. The van der Waals surface area contributed by atoms with Crippen LogP contribution >= 0.6 is 11.5 Å². The highest BCUT2D eigenvalue weighted by molar-refractivity contribution is 7.08.